The third-order valence-corrected chi connectivity index (χ3v) is 3.48. The molecule has 3 nitrogen and oxygen atoms in total. The lowest BCUT2D eigenvalue weighted by Gasteiger charge is -2.15. The van der Waals surface area contributed by atoms with Gasteiger partial charge in [0.2, 0.25) is 0 Å². The standard InChI is InChI=1S/C15H14FN3/c16-13-5-3-4-11(8-13)14-9-12(10-17)15(18-14)19-6-1-2-7-19/h3-5,8-9,18H,1-2,6-7H2. The molecule has 3 rings (SSSR count). The van der Waals surface area contributed by atoms with Gasteiger partial charge in [0.15, 0.2) is 0 Å². The van der Waals surface area contributed by atoms with Gasteiger partial charge in [0, 0.05) is 24.3 Å². The zero-order valence-electron chi connectivity index (χ0n) is 10.5. The van der Waals surface area contributed by atoms with E-state index in [1.165, 1.54) is 12.1 Å². The minimum absolute atomic E-state index is 0.270. The molecule has 1 saturated heterocycles. The van der Waals surface area contributed by atoms with Crippen molar-refractivity contribution < 1.29 is 4.39 Å². The van der Waals surface area contributed by atoms with Crippen LogP contribution in [0.3, 0.4) is 0 Å². The Hall–Kier alpha value is -2.28. The van der Waals surface area contributed by atoms with E-state index in [0.29, 0.717) is 5.56 Å². The molecule has 0 aliphatic carbocycles. The lowest BCUT2D eigenvalue weighted by molar-refractivity contribution is 0.628. The summed E-state index contributed by atoms with van der Waals surface area (Å²) in [4.78, 5) is 5.44. The first-order valence-corrected chi connectivity index (χ1v) is 6.42. The predicted molar refractivity (Wildman–Crippen MR) is 72.3 cm³/mol. The summed E-state index contributed by atoms with van der Waals surface area (Å²) in [5, 5.41) is 9.22. The van der Waals surface area contributed by atoms with E-state index in [4.69, 9.17) is 0 Å². The van der Waals surface area contributed by atoms with Gasteiger partial charge in [-0.15, -0.1) is 0 Å². The van der Waals surface area contributed by atoms with Crippen LogP contribution in [0.2, 0.25) is 0 Å². The van der Waals surface area contributed by atoms with Gasteiger partial charge in [0.25, 0.3) is 0 Å². The number of nitrogens with one attached hydrogen (secondary N) is 1. The number of nitrogens with zero attached hydrogens (tertiary/aromatic N) is 2. The van der Waals surface area contributed by atoms with Gasteiger partial charge >= 0.3 is 0 Å². The number of halogens is 1. The van der Waals surface area contributed by atoms with Gasteiger partial charge < -0.3 is 9.88 Å². The molecule has 96 valence electrons. The van der Waals surface area contributed by atoms with Crippen LogP contribution in [0, 0.1) is 17.1 Å². The van der Waals surface area contributed by atoms with Gasteiger partial charge in [-0.2, -0.15) is 5.26 Å². The molecule has 1 N–H and O–H groups in total. The average Bonchev–Trinajstić information content (AvgIpc) is 3.07. The molecule has 1 aliphatic rings. The first kappa shape index (κ1) is 11.8. The van der Waals surface area contributed by atoms with Crippen molar-refractivity contribution in [2.24, 2.45) is 0 Å². The SMILES string of the molecule is N#Cc1cc(-c2cccc(F)c2)[nH]c1N1CCCC1. The van der Waals surface area contributed by atoms with Crippen molar-refractivity contribution in [2.45, 2.75) is 12.8 Å². The quantitative estimate of drug-likeness (QED) is 0.894. The highest BCUT2D eigenvalue weighted by atomic mass is 19.1. The average molecular weight is 255 g/mol. The Labute approximate surface area is 111 Å². The van der Waals surface area contributed by atoms with E-state index in [2.05, 4.69) is 16.0 Å². The summed E-state index contributed by atoms with van der Waals surface area (Å²) in [6.07, 6.45) is 2.30. The Morgan fingerprint density at radius 1 is 1.21 bits per heavy atom. The highest BCUT2D eigenvalue weighted by molar-refractivity contribution is 5.69. The maximum absolute atomic E-state index is 13.3. The molecule has 0 saturated carbocycles. The van der Waals surface area contributed by atoms with Crippen LogP contribution in [-0.2, 0) is 0 Å². The lowest BCUT2D eigenvalue weighted by Crippen LogP contribution is -2.18. The highest BCUT2D eigenvalue weighted by Crippen LogP contribution is 2.29. The second kappa shape index (κ2) is 4.77. The Kier molecular flexibility index (Phi) is 2.96. The fourth-order valence-corrected chi connectivity index (χ4v) is 2.53. The monoisotopic (exact) mass is 255 g/mol. The van der Waals surface area contributed by atoms with Crippen LogP contribution in [0.1, 0.15) is 18.4 Å². The van der Waals surface area contributed by atoms with E-state index in [1.807, 2.05) is 6.07 Å². The minimum atomic E-state index is -0.270. The van der Waals surface area contributed by atoms with Crippen LogP contribution in [0.4, 0.5) is 10.2 Å². The highest BCUT2D eigenvalue weighted by Gasteiger charge is 2.19. The topological polar surface area (TPSA) is 42.8 Å². The summed E-state index contributed by atoms with van der Waals surface area (Å²) in [7, 11) is 0. The molecule has 19 heavy (non-hydrogen) atoms. The number of aromatic amines is 1. The fourth-order valence-electron chi connectivity index (χ4n) is 2.53. The van der Waals surface area contributed by atoms with E-state index in [9.17, 15) is 9.65 Å². The van der Waals surface area contributed by atoms with Crippen molar-refractivity contribution in [3.63, 3.8) is 0 Å². The van der Waals surface area contributed by atoms with Gasteiger partial charge in [-0.25, -0.2) is 4.39 Å². The molecule has 0 bridgehead atoms. The van der Waals surface area contributed by atoms with Crippen molar-refractivity contribution in [3.8, 4) is 17.3 Å². The molecule has 0 spiro atoms. The van der Waals surface area contributed by atoms with Gasteiger partial charge in [0.05, 0.1) is 5.56 Å². The Balaban J connectivity index is 2.02. The second-order valence-electron chi connectivity index (χ2n) is 4.76. The number of hydrogen-bond acceptors (Lipinski definition) is 2. The third kappa shape index (κ3) is 2.19. The van der Waals surface area contributed by atoms with Crippen LogP contribution in [0.5, 0.6) is 0 Å². The summed E-state index contributed by atoms with van der Waals surface area (Å²) in [6.45, 7) is 1.94. The molecule has 1 aliphatic heterocycles. The molecule has 1 fully saturated rings. The van der Waals surface area contributed by atoms with Crippen molar-refractivity contribution >= 4 is 5.82 Å². The van der Waals surface area contributed by atoms with E-state index in [-0.39, 0.29) is 5.82 Å². The van der Waals surface area contributed by atoms with Crippen LogP contribution >= 0.6 is 0 Å². The molecule has 0 atom stereocenters. The molecule has 2 heterocycles. The normalized spacial score (nSPS) is 14.6. The molecular weight excluding hydrogens is 241 g/mol. The molecule has 1 aromatic carbocycles. The van der Waals surface area contributed by atoms with E-state index >= 15 is 0 Å². The number of H-pyrrole nitrogens is 1. The zero-order valence-corrected chi connectivity index (χ0v) is 10.5. The van der Waals surface area contributed by atoms with Crippen LogP contribution in [-0.4, -0.2) is 18.1 Å². The van der Waals surface area contributed by atoms with Gasteiger partial charge in [-0.3, -0.25) is 0 Å². The smallest absolute Gasteiger partial charge is 0.124 e. The van der Waals surface area contributed by atoms with Crippen LogP contribution in [0.15, 0.2) is 30.3 Å². The van der Waals surface area contributed by atoms with Gasteiger partial charge in [-0.05, 0) is 31.0 Å². The molecule has 0 amide bonds. The molecule has 0 unspecified atom stereocenters. The van der Waals surface area contributed by atoms with Crippen molar-refractivity contribution in [1.82, 2.24) is 4.98 Å². The first-order valence-electron chi connectivity index (χ1n) is 6.42. The van der Waals surface area contributed by atoms with Gasteiger partial charge in [0.1, 0.15) is 17.7 Å². The molecule has 0 radical (unpaired) electrons. The summed E-state index contributed by atoms with van der Waals surface area (Å²) >= 11 is 0. The lowest BCUT2D eigenvalue weighted by atomic mass is 10.1. The molecule has 2 aromatic rings. The van der Waals surface area contributed by atoms with Crippen LogP contribution < -0.4 is 4.90 Å². The maximum atomic E-state index is 13.3. The van der Waals surface area contributed by atoms with E-state index in [0.717, 1.165) is 43.0 Å². The Morgan fingerprint density at radius 3 is 2.68 bits per heavy atom. The third-order valence-electron chi connectivity index (χ3n) is 3.48. The van der Waals surface area contributed by atoms with Crippen molar-refractivity contribution in [1.29, 1.82) is 5.26 Å². The first-order chi connectivity index (χ1) is 9.28. The number of benzene rings is 1. The van der Waals surface area contributed by atoms with Crippen LogP contribution in [0.25, 0.3) is 11.3 Å². The largest absolute Gasteiger partial charge is 0.357 e. The van der Waals surface area contributed by atoms with E-state index in [1.54, 1.807) is 12.1 Å². The number of hydrogen-bond donors (Lipinski definition) is 1. The summed E-state index contributed by atoms with van der Waals surface area (Å²) < 4.78 is 13.3. The molecular formula is C15H14FN3. The van der Waals surface area contributed by atoms with Crippen molar-refractivity contribution in [2.75, 3.05) is 18.0 Å². The van der Waals surface area contributed by atoms with Crippen molar-refractivity contribution in [3.05, 3.63) is 41.7 Å². The maximum Gasteiger partial charge on any atom is 0.124 e. The summed E-state index contributed by atoms with van der Waals surface area (Å²) in [5.41, 5.74) is 2.18. The van der Waals surface area contributed by atoms with Gasteiger partial charge in [-0.1, -0.05) is 12.1 Å². The predicted octanol–water partition coefficient (Wildman–Crippen LogP) is 3.29. The number of anilines is 1. The minimum Gasteiger partial charge on any atom is -0.357 e. The molecule has 4 heteroatoms. The summed E-state index contributed by atoms with van der Waals surface area (Å²) in [6, 6.07) is 10.4. The fraction of sp³-hybridized carbons (Fsp3) is 0.267. The zero-order chi connectivity index (χ0) is 13.2. The Morgan fingerprint density at radius 2 is 2.00 bits per heavy atom. The second-order valence-corrected chi connectivity index (χ2v) is 4.76. The number of rotatable bonds is 2. The Bertz CT molecular complexity index is 633. The molecule has 1 aromatic heterocycles. The summed E-state index contributed by atoms with van der Waals surface area (Å²) in [5.74, 6) is 0.590. The van der Waals surface area contributed by atoms with E-state index < -0.39 is 0 Å². The number of nitriles is 1. The number of aromatic nitrogens is 1.